The van der Waals surface area contributed by atoms with Crippen molar-refractivity contribution < 1.29 is 14.0 Å². The van der Waals surface area contributed by atoms with Crippen molar-refractivity contribution >= 4 is 0 Å². The molecule has 3 atom stereocenters. The van der Waals surface area contributed by atoms with Gasteiger partial charge in [-0.3, -0.25) is 0 Å². The van der Waals surface area contributed by atoms with Crippen LogP contribution < -0.4 is 4.74 Å². The quantitative estimate of drug-likeness (QED) is 0.407. The number of ether oxygens (including phenoxy) is 2. The van der Waals surface area contributed by atoms with Crippen molar-refractivity contribution in [3.05, 3.63) is 77.7 Å². The van der Waals surface area contributed by atoms with E-state index in [1.807, 2.05) is 37.4 Å². The van der Waals surface area contributed by atoms with Gasteiger partial charge in [-0.1, -0.05) is 41.9 Å². The van der Waals surface area contributed by atoms with Crippen LogP contribution in [0.15, 0.2) is 70.6 Å². The SMILES string of the molecule is CCC1C=CC(OC)=CC=C1C1CC1COc1nc(C)ncc1-c1ccc(-c2nc(C)no2)cc1. The van der Waals surface area contributed by atoms with Crippen LogP contribution in [-0.4, -0.2) is 33.8 Å². The largest absolute Gasteiger partial charge is 0.497 e. The molecular weight excluding hydrogens is 440 g/mol. The van der Waals surface area contributed by atoms with Crippen molar-refractivity contribution in [3.8, 4) is 28.5 Å². The van der Waals surface area contributed by atoms with E-state index < -0.39 is 0 Å². The van der Waals surface area contributed by atoms with Gasteiger partial charge >= 0.3 is 0 Å². The Kier molecular flexibility index (Phi) is 6.49. The van der Waals surface area contributed by atoms with Gasteiger partial charge in [0.05, 0.1) is 19.3 Å². The summed E-state index contributed by atoms with van der Waals surface area (Å²) < 4.78 is 17.0. The topological polar surface area (TPSA) is 83.2 Å². The summed E-state index contributed by atoms with van der Waals surface area (Å²) in [5, 5.41) is 3.86. The van der Waals surface area contributed by atoms with E-state index in [9.17, 15) is 0 Å². The van der Waals surface area contributed by atoms with Crippen molar-refractivity contribution in [1.82, 2.24) is 20.1 Å². The first-order valence-electron chi connectivity index (χ1n) is 12.1. The molecule has 3 unspecified atom stereocenters. The fourth-order valence-corrected chi connectivity index (χ4v) is 4.58. The number of hydrogen-bond donors (Lipinski definition) is 0. The average molecular weight is 471 g/mol. The number of aromatic nitrogens is 4. The van der Waals surface area contributed by atoms with Crippen LogP contribution in [0.1, 0.15) is 31.4 Å². The molecule has 7 heteroatoms. The van der Waals surface area contributed by atoms with Crippen LogP contribution in [0, 0.1) is 31.6 Å². The molecule has 0 spiro atoms. The summed E-state index contributed by atoms with van der Waals surface area (Å²) in [5.41, 5.74) is 4.19. The molecule has 1 aromatic carbocycles. The third kappa shape index (κ3) is 5.04. The van der Waals surface area contributed by atoms with E-state index in [1.54, 1.807) is 14.0 Å². The molecular formula is C28H30N4O3. The summed E-state index contributed by atoms with van der Waals surface area (Å²) in [6.45, 7) is 6.55. The Balaban J connectivity index is 1.30. The summed E-state index contributed by atoms with van der Waals surface area (Å²) in [4.78, 5) is 13.3. The van der Waals surface area contributed by atoms with Crippen molar-refractivity contribution in [1.29, 1.82) is 0 Å². The van der Waals surface area contributed by atoms with Gasteiger partial charge in [0, 0.05) is 17.7 Å². The molecule has 0 radical (unpaired) electrons. The first-order valence-corrected chi connectivity index (χ1v) is 12.1. The van der Waals surface area contributed by atoms with Crippen LogP contribution in [0.4, 0.5) is 0 Å². The molecule has 0 amide bonds. The van der Waals surface area contributed by atoms with Crippen LogP contribution in [0.2, 0.25) is 0 Å². The molecule has 180 valence electrons. The first kappa shape index (κ1) is 23.0. The first-order chi connectivity index (χ1) is 17.1. The molecule has 2 aliphatic carbocycles. The molecule has 0 N–H and O–H groups in total. The number of allylic oxidation sites excluding steroid dienone is 5. The molecule has 2 heterocycles. The molecule has 1 saturated carbocycles. The second kappa shape index (κ2) is 9.86. The van der Waals surface area contributed by atoms with Gasteiger partial charge in [-0.15, -0.1) is 0 Å². The molecule has 35 heavy (non-hydrogen) atoms. The molecule has 3 aromatic rings. The van der Waals surface area contributed by atoms with Crippen LogP contribution in [0.25, 0.3) is 22.6 Å². The number of methoxy groups -OCH3 is 1. The van der Waals surface area contributed by atoms with Gasteiger partial charge in [0.1, 0.15) is 11.6 Å². The van der Waals surface area contributed by atoms with Gasteiger partial charge in [-0.2, -0.15) is 9.97 Å². The normalized spacial score (nSPS) is 21.2. The summed E-state index contributed by atoms with van der Waals surface area (Å²) in [5.74, 6) is 4.77. The van der Waals surface area contributed by atoms with E-state index in [1.165, 1.54) is 5.57 Å². The van der Waals surface area contributed by atoms with Gasteiger partial charge in [-0.25, -0.2) is 4.98 Å². The maximum atomic E-state index is 6.30. The monoisotopic (exact) mass is 470 g/mol. The molecule has 0 bridgehead atoms. The number of nitrogens with zero attached hydrogens (tertiary/aromatic N) is 4. The fraction of sp³-hybridized carbons (Fsp3) is 0.357. The second-order valence-electron chi connectivity index (χ2n) is 9.09. The van der Waals surface area contributed by atoms with E-state index in [0.717, 1.165) is 35.3 Å². The second-order valence-corrected chi connectivity index (χ2v) is 9.09. The minimum Gasteiger partial charge on any atom is -0.497 e. The molecule has 7 nitrogen and oxygen atoms in total. The lowest BCUT2D eigenvalue weighted by Gasteiger charge is -2.15. The third-order valence-electron chi connectivity index (χ3n) is 6.67. The highest BCUT2D eigenvalue weighted by Crippen LogP contribution is 2.48. The lowest BCUT2D eigenvalue weighted by Crippen LogP contribution is -2.08. The zero-order valence-corrected chi connectivity index (χ0v) is 20.6. The van der Waals surface area contributed by atoms with Gasteiger partial charge < -0.3 is 14.0 Å². The van der Waals surface area contributed by atoms with Crippen LogP contribution in [0.5, 0.6) is 5.88 Å². The van der Waals surface area contributed by atoms with E-state index in [2.05, 4.69) is 51.3 Å². The molecule has 1 fully saturated rings. The van der Waals surface area contributed by atoms with Crippen molar-refractivity contribution in [2.24, 2.45) is 17.8 Å². The van der Waals surface area contributed by atoms with E-state index in [0.29, 0.717) is 47.8 Å². The Morgan fingerprint density at radius 1 is 1.03 bits per heavy atom. The smallest absolute Gasteiger partial charge is 0.257 e. The van der Waals surface area contributed by atoms with Gasteiger partial charge in [0.25, 0.3) is 5.89 Å². The highest BCUT2D eigenvalue weighted by Gasteiger charge is 2.42. The van der Waals surface area contributed by atoms with Crippen molar-refractivity contribution in [3.63, 3.8) is 0 Å². The van der Waals surface area contributed by atoms with Gasteiger partial charge in [0.2, 0.25) is 5.88 Å². The number of benzene rings is 1. The standard InChI is InChI=1S/C28H30N4O3/c1-5-19-10-11-23(33-4)12-13-24(19)25-14-22(25)16-34-28-26(15-29-17(2)30-28)20-6-8-21(9-7-20)27-31-18(3)32-35-27/h6-13,15,19,22,25H,5,14,16H2,1-4H3. The highest BCUT2D eigenvalue weighted by atomic mass is 16.5. The lowest BCUT2D eigenvalue weighted by molar-refractivity contribution is 0.283. The van der Waals surface area contributed by atoms with Crippen LogP contribution in [-0.2, 0) is 4.74 Å². The Hall–Kier alpha value is -3.74. The predicted octanol–water partition coefficient (Wildman–Crippen LogP) is 5.88. The number of aryl methyl sites for hydroxylation is 2. The lowest BCUT2D eigenvalue weighted by atomic mass is 9.91. The summed E-state index contributed by atoms with van der Waals surface area (Å²) in [6.07, 6.45) is 12.7. The molecule has 0 aliphatic heterocycles. The number of hydrogen-bond acceptors (Lipinski definition) is 7. The van der Waals surface area contributed by atoms with Crippen LogP contribution >= 0.6 is 0 Å². The molecule has 0 saturated heterocycles. The highest BCUT2D eigenvalue weighted by molar-refractivity contribution is 5.70. The Bertz CT molecular complexity index is 1290. The zero-order valence-electron chi connectivity index (χ0n) is 20.6. The van der Waals surface area contributed by atoms with E-state index in [4.69, 9.17) is 14.0 Å². The van der Waals surface area contributed by atoms with Gasteiger partial charge in [0.15, 0.2) is 5.82 Å². The minimum absolute atomic E-state index is 0.437. The summed E-state index contributed by atoms with van der Waals surface area (Å²) >= 11 is 0. The van der Waals surface area contributed by atoms with Gasteiger partial charge in [-0.05, 0) is 68.4 Å². The Morgan fingerprint density at radius 3 is 2.54 bits per heavy atom. The van der Waals surface area contributed by atoms with E-state index >= 15 is 0 Å². The predicted molar refractivity (Wildman–Crippen MR) is 133 cm³/mol. The fourth-order valence-electron chi connectivity index (χ4n) is 4.58. The molecule has 5 rings (SSSR count). The molecule has 2 aromatic heterocycles. The maximum absolute atomic E-state index is 6.30. The summed E-state index contributed by atoms with van der Waals surface area (Å²) in [6, 6.07) is 7.93. The maximum Gasteiger partial charge on any atom is 0.257 e. The Morgan fingerprint density at radius 2 is 1.83 bits per heavy atom. The third-order valence-corrected chi connectivity index (χ3v) is 6.67. The minimum atomic E-state index is 0.437. The van der Waals surface area contributed by atoms with E-state index in [-0.39, 0.29) is 0 Å². The van der Waals surface area contributed by atoms with Crippen molar-refractivity contribution in [2.45, 2.75) is 33.6 Å². The Labute approximate surface area is 205 Å². The van der Waals surface area contributed by atoms with Crippen LogP contribution in [0.3, 0.4) is 0 Å². The molecule has 2 aliphatic rings. The summed E-state index contributed by atoms with van der Waals surface area (Å²) in [7, 11) is 1.71. The zero-order chi connectivity index (χ0) is 24.4. The average Bonchev–Trinajstić information content (AvgIpc) is 3.57. The van der Waals surface area contributed by atoms with Crippen molar-refractivity contribution in [2.75, 3.05) is 13.7 Å². The number of rotatable bonds is 8.